The predicted molar refractivity (Wildman–Crippen MR) is 56.6 cm³/mol. The third-order valence-electron chi connectivity index (χ3n) is 2.08. The monoisotopic (exact) mass is 215 g/mol. The summed E-state index contributed by atoms with van der Waals surface area (Å²) in [4.78, 5) is 4.60. The lowest BCUT2D eigenvalue weighted by molar-refractivity contribution is 0.126. The number of hydrogen-bond acceptors (Lipinski definition) is 3. The zero-order chi connectivity index (χ0) is 10.6. The van der Waals surface area contributed by atoms with Gasteiger partial charge in [0.05, 0.1) is 18.7 Å². The number of ether oxygens (including phenoxy) is 1. The Morgan fingerprint density at radius 1 is 1.50 bits per heavy atom. The average Bonchev–Trinajstić information content (AvgIpc) is 2.17. The lowest BCUT2D eigenvalue weighted by Gasteiger charge is -2.15. The molecule has 0 spiro atoms. The molecule has 0 heterocycles. The van der Waals surface area contributed by atoms with Crippen LogP contribution in [0.15, 0.2) is 18.2 Å². The standard InChI is InChI=1S/C10H14ClNO2/c1-7(6-14-12)8-4-3-5-9(11)10(8)13-2/h3-5,7H,6,12H2,1-2H3. The van der Waals surface area contributed by atoms with Crippen molar-refractivity contribution >= 4 is 11.6 Å². The Bertz CT molecular complexity index is 304. The Labute approximate surface area is 88.7 Å². The summed E-state index contributed by atoms with van der Waals surface area (Å²) < 4.78 is 5.22. The van der Waals surface area contributed by atoms with Crippen LogP contribution in [0.25, 0.3) is 0 Å². The van der Waals surface area contributed by atoms with Crippen LogP contribution in [-0.4, -0.2) is 13.7 Å². The molecule has 1 unspecified atom stereocenters. The SMILES string of the molecule is COc1c(Cl)cccc1C(C)CON. The van der Waals surface area contributed by atoms with Crippen molar-refractivity contribution in [3.05, 3.63) is 28.8 Å². The highest BCUT2D eigenvalue weighted by molar-refractivity contribution is 6.32. The van der Waals surface area contributed by atoms with Gasteiger partial charge in [0.1, 0.15) is 5.75 Å². The second kappa shape index (κ2) is 5.20. The Kier molecular flexibility index (Phi) is 4.20. The molecule has 0 bridgehead atoms. The van der Waals surface area contributed by atoms with Gasteiger partial charge in [0, 0.05) is 11.5 Å². The minimum Gasteiger partial charge on any atom is -0.495 e. The highest BCUT2D eigenvalue weighted by Crippen LogP contribution is 2.33. The smallest absolute Gasteiger partial charge is 0.140 e. The molecule has 0 aliphatic heterocycles. The molecule has 0 amide bonds. The van der Waals surface area contributed by atoms with Crippen LogP contribution in [0, 0.1) is 0 Å². The molecule has 78 valence electrons. The molecule has 1 rings (SSSR count). The van der Waals surface area contributed by atoms with Crippen molar-refractivity contribution in [1.82, 2.24) is 0 Å². The minimum atomic E-state index is 0.161. The van der Waals surface area contributed by atoms with Gasteiger partial charge in [0.25, 0.3) is 0 Å². The van der Waals surface area contributed by atoms with Crippen LogP contribution in [0.1, 0.15) is 18.4 Å². The Balaban J connectivity index is 3.00. The number of hydrogen-bond donors (Lipinski definition) is 1. The first-order chi connectivity index (χ1) is 6.70. The normalized spacial score (nSPS) is 12.6. The Hall–Kier alpha value is -0.770. The zero-order valence-corrected chi connectivity index (χ0v) is 9.04. The molecule has 0 aromatic heterocycles. The Morgan fingerprint density at radius 3 is 2.79 bits per heavy atom. The number of para-hydroxylation sites is 1. The van der Waals surface area contributed by atoms with Crippen molar-refractivity contribution < 1.29 is 9.57 Å². The third-order valence-corrected chi connectivity index (χ3v) is 2.38. The van der Waals surface area contributed by atoms with E-state index in [1.807, 2.05) is 19.1 Å². The summed E-state index contributed by atoms with van der Waals surface area (Å²) in [6.45, 7) is 2.44. The maximum absolute atomic E-state index is 5.98. The van der Waals surface area contributed by atoms with Crippen molar-refractivity contribution in [2.24, 2.45) is 5.90 Å². The van der Waals surface area contributed by atoms with Gasteiger partial charge in [-0.25, -0.2) is 5.90 Å². The van der Waals surface area contributed by atoms with Crippen LogP contribution in [0.5, 0.6) is 5.75 Å². The molecule has 3 nitrogen and oxygen atoms in total. The van der Waals surface area contributed by atoms with E-state index >= 15 is 0 Å². The lowest BCUT2D eigenvalue weighted by atomic mass is 10.0. The van der Waals surface area contributed by atoms with Gasteiger partial charge in [-0.05, 0) is 6.07 Å². The van der Waals surface area contributed by atoms with E-state index in [2.05, 4.69) is 4.84 Å². The number of benzene rings is 1. The molecular weight excluding hydrogens is 202 g/mol. The summed E-state index contributed by atoms with van der Waals surface area (Å²) in [6, 6.07) is 5.63. The molecular formula is C10H14ClNO2. The average molecular weight is 216 g/mol. The zero-order valence-electron chi connectivity index (χ0n) is 8.29. The minimum absolute atomic E-state index is 0.161. The number of rotatable bonds is 4. The second-order valence-electron chi connectivity index (χ2n) is 3.10. The van der Waals surface area contributed by atoms with Crippen LogP contribution in [0.3, 0.4) is 0 Å². The maximum atomic E-state index is 5.98. The van der Waals surface area contributed by atoms with E-state index in [0.29, 0.717) is 17.4 Å². The highest BCUT2D eigenvalue weighted by atomic mass is 35.5. The first-order valence-electron chi connectivity index (χ1n) is 4.34. The fourth-order valence-electron chi connectivity index (χ4n) is 1.36. The third kappa shape index (κ3) is 2.38. The summed E-state index contributed by atoms with van der Waals surface area (Å²) in [6.07, 6.45) is 0. The molecule has 0 aliphatic rings. The molecule has 14 heavy (non-hydrogen) atoms. The number of methoxy groups -OCH3 is 1. The summed E-state index contributed by atoms with van der Waals surface area (Å²) in [5.74, 6) is 5.88. The van der Waals surface area contributed by atoms with E-state index in [1.54, 1.807) is 13.2 Å². The van der Waals surface area contributed by atoms with Gasteiger partial charge in [-0.15, -0.1) is 0 Å². The summed E-state index contributed by atoms with van der Waals surface area (Å²) in [5.41, 5.74) is 1.01. The predicted octanol–water partition coefficient (Wildman–Crippen LogP) is 2.34. The summed E-state index contributed by atoms with van der Waals surface area (Å²) >= 11 is 5.98. The Morgan fingerprint density at radius 2 is 2.21 bits per heavy atom. The maximum Gasteiger partial charge on any atom is 0.140 e. The van der Waals surface area contributed by atoms with Crippen molar-refractivity contribution in [3.8, 4) is 5.75 Å². The molecule has 0 saturated carbocycles. The molecule has 0 radical (unpaired) electrons. The molecule has 0 fully saturated rings. The summed E-state index contributed by atoms with van der Waals surface area (Å²) in [7, 11) is 1.60. The molecule has 0 saturated heterocycles. The van der Waals surface area contributed by atoms with Crippen LogP contribution >= 0.6 is 11.6 Å². The van der Waals surface area contributed by atoms with E-state index in [0.717, 1.165) is 5.56 Å². The molecule has 4 heteroatoms. The van der Waals surface area contributed by atoms with Crippen LogP contribution in [0.2, 0.25) is 5.02 Å². The van der Waals surface area contributed by atoms with Gasteiger partial charge in [-0.3, -0.25) is 0 Å². The number of nitrogens with two attached hydrogens (primary N) is 1. The van der Waals surface area contributed by atoms with E-state index in [1.165, 1.54) is 0 Å². The van der Waals surface area contributed by atoms with Crippen LogP contribution in [0.4, 0.5) is 0 Å². The van der Waals surface area contributed by atoms with E-state index in [4.69, 9.17) is 22.2 Å². The van der Waals surface area contributed by atoms with Crippen molar-refractivity contribution in [2.45, 2.75) is 12.8 Å². The molecule has 1 aromatic carbocycles. The molecule has 2 N–H and O–H groups in total. The fourth-order valence-corrected chi connectivity index (χ4v) is 1.62. The highest BCUT2D eigenvalue weighted by Gasteiger charge is 2.13. The van der Waals surface area contributed by atoms with E-state index in [-0.39, 0.29) is 5.92 Å². The van der Waals surface area contributed by atoms with Crippen LogP contribution in [-0.2, 0) is 4.84 Å². The van der Waals surface area contributed by atoms with Gasteiger partial charge in [0.2, 0.25) is 0 Å². The van der Waals surface area contributed by atoms with Gasteiger partial charge >= 0.3 is 0 Å². The van der Waals surface area contributed by atoms with Crippen molar-refractivity contribution in [3.63, 3.8) is 0 Å². The summed E-state index contributed by atoms with van der Waals surface area (Å²) in [5, 5.41) is 0.605. The molecule has 1 atom stereocenters. The second-order valence-corrected chi connectivity index (χ2v) is 3.50. The first-order valence-corrected chi connectivity index (χ1v) is 4.72. The van der Waals surface area contributed by atoms with E-state index < -0.39 is 0 Å². The van der Waals surface area contributed by atoms with Crippen molar-refractivity contribution in [2.75, 3.05) is 13.7 Å². The lowest BCUT2D eigenvalue weighted by Crippen LogP contribution is -2.09. The van der Waals surface area contributed by atoms with Crippen LogP contribution < -0.4 is 10.6 Å². The largest absolute Gasteiger partial charge is 0.495 e. The van der Waals surface area contributed by atoms with Gasteiger partial charge in [-0.1, -0.05) is 30.7 Å². The molecule has 0 aliphatic carbocycles. The fraction of sp³-hybridized carbons (Fsp3) is 0.400. The first kappa shape index (κ1) is 11.3. The van der Waals surface area contributed by atoms with Gasteiger partial charge in [0.15, 0.2) is 0 Å². The quantitative estimate of drug-likeness (QED) is 0.785. The topological polar surface area (TPSA) is 44.5 Å². The van der Waals surface area contributed by atoms with Gasteiger partial charge < -0.3 is 9.57 Å². The molecule has 1 aromatic rings. The van der Waals surface area contributed by atoms with Gasteiger partial charge in [-0.2, -0.15) is 0 Å². The van der Waals surface area contributed by atoms with E-state index in [9.17, 15) is 0 Å². The number of halogens is 1. The van der Waals surface area contributed by atoms with Crippen molar-refractivity contribution in [1.29, 1.82) is 0 Å².